The van der Waals surface area contributed by atoms with Crippen LogP contribution in [0.4, 0.5) is 10.8 Å². The number of non-ortho nitro benzene ring substituents is 1. The van der Waals surface area contributed by atoms with E-state index in [1.54, 1.807) is 41.8 Å². The largest absolute Gasteiger partial charge is 0.494 e. The molecule has 8 heteroatoms. The summed E-state index contributed by atoms with van der Waals surface area (Å²) >= 11 is 1.29. The standard InChI is InChI=1S/C20H19N3O4S/c1-2-3-12-27-17-10-6-15(7-11-17)19(24)22-20-21-18(13-28-20)14-4-8-16(9-5-14)23(25)26/h4-11,13H,2-3,12H2,1H3,(H,21,22,24). The van der Waals surface area contributed by atoms with Gasteiger partial charge in [-0.15, -0.1) is 11.3 Å². The average Bonchev–Trinajstić information content (AvgIpc) is 3.17. The maximum Gasteiger partial charge on any atom is 0.269 e. The molecule has 0 aliphatic heterocycles. The number of benzene rings is 2. The summed E-state index contributed by atoms with van der Waals surface area (Å²) in [6.07, 6.45) is 2.06. The Bertz CT molecular complexity index is 952. The molecule has 0 saturated heterocycles. The third-order valence-electron chi connectivity index (χ3n) is 3.98. The van der Waals surface area contributed by atoms with Crippen LogP contribution in [-0.2, 0) is 0 Å². The van der Waals surface area contributed by atoms with E-state index >= 15 is 0 Å². The highest BCUT2D eigenvalue weighted by Gasteiger charge is 2.11. The smallest absolute Gasteiger partial charge is 0.269 e. The Hall–Kier alpha value is -3.26. The molecule has 0 spiro atoms. The zero-order valence-electron chi connectivity index (χ0n) is 15.3. The number of ether oxygens (including phenoxy) is 1. The van der Waals surface area contributed by atoms with Crippen LogP contribution < -0.4 is 10.1 Å². The molecule has 1 N–H and O–H groups in total. The van der Waals surface area contributed by atoms with Crippen LogP contribution in [-0.4, -0.2) is 22.4 Å². The monoisotopic (exact) mass is 397 g/mol. The second kappa shape index (κ2) is 9.09. The van der Waals surface area contributed by atoms with E-state index in [2.05, 4.69) is 17.2 Å². The minimum absolute atomic E-state index is 0.0228. The molecule has 1 amide bonds. The molecular formula is C20H19N3O4S. The van der Waals surface area contributed by atoms with Gasteiger partial charge in [-0.25, -0.2) is 4.98 Å². The van der Waals surface area contributed by atoms with Gasteiger partial charge in [-0.3, -0.25) is 20.2 Å². The second-order valence-electron chi connectivity index (χ2n) is 6.02. The van der Waals surface area contributed by atoms with Crippen molar-refractivity contribution < 1.29 is 14.5 Å². The molecule has 1 heterocycles. The van der Waals surface area contributed by atoms with Gasteiger partial charge in [0.05, 0.1) is 17.2 Å². The Labute approximate surface area is 166 Å². The summed E-state index contributed by atoms with van der Waals surface area (Å²) in [6.45, 7) is 2.76. The predicted octanol–water partition coefficient (Wildman–Crippen LogP) is 5.15. The minimum atomic E-state index is -0.448. The summed E-state index contributed by atoms with van der Waals surface area (Å²) in [5, 5.41) is 15.8. The van der Waals surface area contributed by atoms with Crippen LogP contribution in [0.1, 0.15) is 30.1 Å². The first kappa shape index (κ1) is 19.5. The zero-order chi connectivity index (χ0) is 19.9. The maximum absolute atomic E-state index is 12.4. The Morgan fingerprint density at radius 1 is 1.18 bits per heavy atom. The molecule has 0 unspecified atom stereocenters. The van der Waals surface area contributed by atoms with Gasteiger partial charge in [-0.1, -0.05) is 13.3 Å². The number of nitro benzene ring substituents is 1. The van der Waals surface area contributed by atoms with E-state index in [1.165, 1.54) is 23.5 Å². The van der Waals surface area contributed by atoms with Crippen molar-refractivity contribution in [1.82, 2.24) is 4.98 Å². The fourth-order valence-corrected chi connectivity index (χ4v) is 3.14. The van der Waals surface area contributed by atoms with E-state index in [0.717, 1.165) is 24.2 Å². The number of aromatic nitrogens is 1. The van der Waals surface area contributed by atoms with Crippen LogP contribution >= 0.6 is 11.3 Å². The van der Waals surface area contributed by atoms with Crippen molar-refractivity contribution in [3.8, 4) is 17.0 Å². The summed E-state index contributed by atoms with van der Waals surface area (Å²) < 4.78 is 5.59. The van der Waals surface area contributed by atoms with Crippen LogP contribution in [0.15, 0.2) is 53.9 Å². The van der Waals surface area contributed by atoms with E-state index in [-0.39, 0.29) is 11.6 Å². The maximum atomic E-state index is 12.4. The summed E-state index contributed by atoms with van der Waals surface area (Å²) in [7, 11) is 0. The van der Waals surface area contributed by atoms with Crippen LogP contribution in [0.2, 0.25) is 0 Å². The molecule has 7 nitrogen and oxygen atoms in total. The molecule has 0 aliphatic rings. The quantitative estimate of drug-likeness (QED) is 0.322. The Balaban J connectivity index is 1.62. The lowest BCUT2D eigenvalue weighted by Crippen LogP contribution is -2.11. The molecule has 3 rings (SSSR count). The van der Waals surface area contributed by atoms with Crippen molar-refractivity contribution in [2.24, 2.45) is 0 Å². The highest BCUT2D eigenvalue weighted by Crippen LogP contribution is 2.27. The second-order valence-corrected chi connectivity index (χ2v) is 6.88. The molecule has 28 heavy (non-hydrogen) atoms. The van der Waals surface area contributed by atoms with E-state index in [4.69, 9.17) is 4.74 Å². The van der Waals surface area contributed by atoms with E-state index in [9.17, 15) is 14.9 Å². The van der Waals surface area contributed by atoms with Crippen molar-refractivity contribution in [3.63, 3.8) is 0 Å². The van der Waals surface area contributed by atoms with Crippen LogP contribution in [0.5, 0.6) is 5.75 Å². The Morgan fingerprint density at radius 3 is 2.54 bits per heavy atom. The SMILES string of the molecule is CCCCOc1ccc(C(=O)Nc2nc(-c3ccc([N+](=O)[O-])cc3)cs2)cc1. The summed E-state index contributed by atoms with van der Waals surface area (Å²) in [5.41, 5.74) is 1.93. The van der Waals surface area contributed by atoms with Gasteiger partial charge in [-0.05, 0) is 42.8 Å². The molecule has 144 valence electrons. The first-order valence-electron chi connectivity index (χ1n) is 8.81. The number of thiazole rings is 1. The molecule has 3 aromatic rings. The number of nitrogens with one attached hydrogen (secondary N) is 1. The van der Waals surface area contributed by atoms with Crippen molar-refractivity contribution in [1.29, 1.82) is 0 Å². The molecule has 1 aromatic heterocycles. The summed E-state index contributed by atoms with van der Waals surface area (Å²) in [6, 6.07) is 13.1. The molecule has 2 aromatic carbocycles. The zero-order valence-corrected chi connectivity index (χ0v) is 16.1. The number of hydrogen-bond acceptors (Lipinski definition) is 6. The number of amides is 1. The van der Waals surface area contributed by atoms with Crippen molar-refractivity contribution in [2.75, 3.05) is 11.9 Å². The predicted molar refractivity (Wildman–Crippen MR) is 109 cm³/mol. The molecular weight excluding hydrogens is 378 g/mol. The van der Waals surface area contributed by atoms with Gasteiger partial charge in [0, 0.05) is 28.6 Å². The van der Waals surface area contributed by atoms with Crippen molar-refractivity contribution >= 4 is 28.1 Å². The summed E-state index contributed by atoms with van der Waals surface area (Å²) in [4.78, 5) is 27.1. The third kappa shape index (κ3) is 4.92. The number of anilines is 1. The fraction of sp³-hybridized carbons (Fsp3) is 0.200. The molecule has 0 radical (unpaired) electrons. The normalized spacial score (nSPS) is 10.5. The first-order chi connectivity index (χ1) is 13.6. The lowest BCUT2D eigenvalue weighted by Gasteiger charge is -2.06. The number of nitro groups is 1. The molecule has 0 fully saturated rings. The van der Waals surface area contributed by atoms with Crippen LogP contribution in [0.25, 0.3) is 11.3 Å². The van der Waals surface area contributed by atoms with Crippen LogP contribution in [0.3, 0.4) is 0 Å². The topological polar surface area (TPSA) is 94.4 Å². The van der Waals surface area contributed by atoms with Gasteiger partial charge in [0.25, 0.3) is 11.6 Å². The molecule has 0 aliphatic carbocycles. The minimum Gasteiger partial charge on any atom is -0.494 e. The van der Waals surface area contributed by atoms with Gasteiger partial charge < -0.3 is 4.74 Å². The number of hydrogen-bond donors (Lipinski definition) is 1. The van der Waals surface area contributed by atoms with Gasteiger partial charge in [0.15, 0.2) is 5.13 Å². The fourth-order valence-electron chi connectivity index (χ4n) is 2.42. The number of nitrogens with zero attached hydrogens (tertiary/aromatic N) is 2. The average molecular weight is 397 g/mol. The highest BCUT2D eigenvalue weighted by atomic mass is 32.1. The Kier molecular flexibility index (Phi) is 6.33. The lowest BCUT2D eigenvalue weighted by atomic mass is 10.1. The van der Waals surface area contributed by atoms with Crippen molar-refractivity contribution in [3.05, 3.63) is 69.6 Å². The first-order valence-corrected chi connectivity index (χ1v) is 9.69. The van der Waals surface area contributed by atoms with E-state index in [0.29, 0.717) is 23.0 Å². The molecule has 0 saturated carbocycles. The van der Waals surface area contributed by atoms with E-state index in [1.807, 2.05) is 0 Å². The van der Waals surface area contributed by atoms with Gasteiger partial charge in [0.2, 0.25) is 0 Å². The summed E-state index contributed by atoms with van der Waals surface area (Å²) in [5.74, 6) is 0.476. The third-order valence-corrected chi connectivity index (χ3v) is 4.74. The number of carbonyl (C=O) groups is 1. The van der Waals surface area contributed by atoms with E-state index < -0.39 is 4.92 Å². The molecule has 0 bridgehead atoms. The van der Waals surface area contributed by atoms with Gasteiger partial charge in [0.1, 0.15) is 5.75 Å². The highest BCUT2D eigenvalue weighted by molar-refractivity contribution is 7.14. The molecule has 0 atom stereocenters. The number of unbranched alkanes of at least 4 members (excludes halogenated alkanes) is 1. The van der Waals surface area contributed by atoms with Crippen LogP contribution in [0, 0.1) is 10.1 Å². The Morgan fingerprint density at radius 2 is 1.89 bits per heavy atom. The van der Waals surface area contributed by atoms with Gasteiger partial charge >= 0.3 is 0 Å². The lowest BCUT2D eigenvalue weighted by molar-refractivity contribution is -0.384. The van der Waals surface area contributed by atoms with Gasteiger partial charge in [-0.2, -0.15) is 0 Å². The number of rotatable bonds is 8. The number of carbonyl (C=O) groups excluding carboxylic acids is 1. The van der Waals surface area contributed by atoms with Crippen molar-refractivity contribution in [2.45, 2.75) is 19.8 Å².